The molecule has 2 aromatic carbocycles. The Morgan fingerprint density at radius 1 is 1.15 bits per heavy atom. The molecule has 3 aromatic rings. The van der Waals surface area contributed by atoms with Gasteiger partial charge < -0.3 is 14.6 Å². The number of hydrogen-bond donors (Lipinski definition) is 1. The van der Waals surface area contributed by atoms with Crippen molar-refractivity contribution in [3.05, 3.63) is 59.0 Å². The number of halogens is 4. The van der Waals surface area contributed by atoms with Gasteiger partial charge in [0.2, 0.25) is 0 Å². The Morgan fingerprint density at radius 3 is 2.30 bits per heavy atom. The highest BCUT2D eigenvalue weighted by Gasteiger charge is 2.32. The van der Waals surface area contributed by atoms with E-state index < -0.39 is 35.7 Å². The smallest absolute Gasteiger partial charge is 0.494 e. The first-order valence-corrected chi connectivity index (χ1v) is 10.00. The van der Waals surface area contributed by atoms with Crippen LogP contribution >= 0.6 is 0 Å². The summed E-state index contributed by atoms with van der Waals surface area (Å²) >= 11 is 0. The lowest BCUT2D eigenvalue weighted by molar-refractivity contribution is -0.274. The van der Waals surface area contributed by atoms with Crippen LogP contribution in [0.1, 0.15) is 47.3 Å². The topological polar surface area (TPSA) is 77.8 Å². The Kier molecular flexibility index (Phi) is 6.66. The van der Waals surface area contributed by atoms with Crippen LogP contribution in [0.4, 0.5) is 17.6 Å². The molecule has 0 spiro atoms. The molecule has 6 nitrogen and oxygen atoms in total. The number of aromatic nitrogens is 1. The molecule has 1 heterocycles. The van der Waals surface area contributed by atoms with Crippen molar-refractivity contribution in [3.8, 4) is 11.5 Å². The van der Waals surface area contributed by atoms with Gasteiger partial charge in [-0.25, -0.2) is 4.39 Å². The van der Waals surface area contributed by atoms with Gasteiger partial charge in [-0.1, -0.05) is 13.3 Å². The van der Waals surface area contributed by atoms with Gasteiger partial charge in [-0.3, -0.25) is 14.2 Å². The highest BCUT2D eigenvalue weighted by molar-refractivity contribution is 6.05. The number of aliphatic carboxylic acids is 1. The molecule has 0 aliphatic rings. The summed E-state index contributed by atoms with van der Waals surface area (Å²) in [5, 5.41) is 10.2. The zero-order chi connectivity index (χ0) is 24.5. The molecule has 0 bridgehead atoms. The summed E-state index contributed by atoms with van der Waals surface area (Å²) in [5.74, 6) is -4.07. The molecular weight excluding hydrogens is 446 g/mol. The second-order valence-electron chi connectivity index (χ2n) is 7.40. The highest BCUT2D eigenvalue weighted by Crippen LogP contribution is 2.38. The molecule has 0 saturated carbocycles. The van der Waals surface area contributed by atoms with Crippen LogP contribution in [0.15, 0.2) is 36.4 Å². The highest BCUT2D eigenvalue weighted by atomic mass is 19.4. The average molecular weight is 467 g/mol. The van der Waals surface area contributed by atoms with Crippen molar-refractivity contribution in [2.24, 2.45) is 0 Å². The van der Waals surface area contributed by atoms with E-state index in [0.29, 0.717) is 23.1 Å². The minimum absolute atomic E-state index is 0.00895. The number of fused-ring (bicyclic) bond motifs is 1. The lowest BCUT2D eigenvalue weighted by Crippen LogP contribution is -2.18. The van der Waals surface area contributed by atoms with E-state index in [9.17, 15) is 32.3 Å². The molecule has 1 N–H and O–H groups in total. The van der Waals surface area contributed by atoms with E-state index in [1.54, 1.807) is 6.92 Å². The van der Waals surface area contributed by atoms with Crippen molar-refractivity contribution >= 4 is 22.8 Å². The number of ether oxygens (including phenoxy) is 2. The zero-order valence-electron chi connectivity index (χ0n) is 18.0. The van der Waals surface area contributed by atoms with Crippen LogP contribution in [0.5, 0.6) is 11.5 Å². The fourth-order valence-electron chi connectivity index (χ4n) is 3.91. The summed E-state index contributed by atoms with van der Waals surface area (Å²) in [6.45, 7) is 3.37. The summed E-state index contributed by atoms with van der Waals surface area (Å²) in [6.07, 6.45) is -4.04. The number of rotatable bonds is 7. The summed E-state index contributed by atoms with van der Waals surface area (Å²) < 4.78 is 61.8. The Balaban J connectivity index is 2.20. The van der Waals surface area contributed by atoms with Crippen LogP contribution < -0.4 is 9.47 Å². The minimum atomic E-state index is -4.88. The number of carboxylic acids is 1. The normalized spacial score (nSPS) is 12.6. The Hall–Kier alpha value is -3.56. The number of carboxylic acid groups (broad SMARTS) is 1. The van der Waals surface area contributed by atoms with Crippen LogP contribution in [0.25, 0.3) is 10.9 Å². The second-order valence-corrected chi connectivity index (χ2v) is 7.40. The summed E-state index contributed by atoms with van der Waals surface area (Å²) in [7, 11) is 1.27. The van der Waals surface area contributed by atoms with Gasteiger partial charge in [0.05, 0.1) is 18.5 Å². The van der Waals surface area contributed by atoms with Crippen LogP contribution in [-0.4, -0.2) is 35.0 Å². The van der Waals surface area contributed by atoms with Crippen molar-refractivity contribution < 1.29 is 41.7 Å². The lowest BCUT2D eigenvalue weighted by atomic mass is 9.92. The molecule has 0 aliphatic carbocycles. The average Bonchev–Trinajstić information content (AvgIpc) is 3.00. The minimum Gasteiger partial charge on any atom is -0.494 e. The number of benzene rings is 2. The van der Waals surface area contributed by atoms with Gasteiger partial charge in [-0.05, 0) is 49.2 Å². The van der Waals surface area contributed by atoms with E-state index in [1.807, 2.05) is 6.92 Å². The zero-order valence-corrected chi connectivity index (χ0v) is 18.0. The van der Waals surface area contributed by atoms with Gasteiger partial charge in [0.25, 0.3) is 5.91 Å². The largest absolute Gasteiger partial charge is 0.573 e. The van der Waals surface area contributed by atoms with E-state index in [1.165, 1.54) is 17.7 Å². The number of hydrogen-bond acceptors (Lipinski definition) is 4. The third-order valence-corrected chi connectivity index (χ3v) is 5.29. The van der Waals surface area contributed by atoms with E-state index in [0.717, 1.165) is 30.3 Å². The predicted molar refractivity (Wildman–Crippen MR) is 111 cm³/mol. The van der Waals surface area contributed by atoms with Gasteiger partial charge in [0, 0.05) is 22.7 Å². The van der Waals surface area contributed by atoms with Crippen molar-refractivity contribution in [2.45, 2.75) is 39.0 Å². The molecule has 0 fully saturated rings. The molecule has 33 heavy (non-hydrogen) atoms. The Labute approximate surface area is 186 Å². The third-order valence-electron chi connectivity index (χ3n) is 5.29. The molecular formula is C23H21F4NO5. The van der Waals surface area contributed by atoms with Crippen molar-refractivity contribution in [1.29, 1.82) is 0 Å². The van der Waals surface area contributed by atoms with Crippen molar-refractivity contribution in [3.63, 3.8) is 0 Å². The van der Waals surface area contributed by atoms with Gasteiger partial charge in [0.1, 0.15) is 5.75 Å². The van der Waals surface area contributed by atoms with Crippen LogP contribution in [0.2, 0.25) is 0 Å². The fourth-order valence-corrected chi connectivity index (χ4v) is 3.91. The monoisotopic (exact) mass is 467 g/mol. The Morgan fingerprint density at radius 2 is 1.79 bits per heavy atom. The summed E-state index contributed by atoms with van der Waals surface area (Å²) in [4.78, 5) is 25.3. The van der Waals surface area contributed by atoms with Crippen LogP contribution in [-0.2, 0) is 4.79 Å². The first-order valence-electron chi connectivity index (χ1n) is 10.00. The number of alkyl halides is 3. The molecule has 1 aromatic heterocycles. The van der Waals surface area contributed by atoms with E-state index in [4.69, 9.17) is 4.74 Å². The molecule has 3 rings (SSSR count). The van der Waals surface area contributed by atoms with Crippen molar-refractivity contribution in [2.75, 3.05) is 7.11 Å². The van der Waals surface area contributed by atoms with Crippen LogP contribution in [0, 0.1) is 12.7 Å². The fraction of sp³-hybridized carbons (Fsp3) is 0.304. The maximum Gasteiger partial charge on any atom is 0.573 e. The van der Waals surface area contributed by atoms with Gasteiger partial charge in [-0.2, -0.15) is 0 Å². The summed E-state index contributed by atoms with van der Waals surface area (Å²) in [6, 6.07) is 6.70. The number of nitrogens with zero attached hydrogens (tertiary/aromatic N) is 1. The number of carbonyl (C=O) groups excluding carboxylic acids is 1. The number of methoxy groups -OCH3 is 1. The first kappa shape index (κ1) is 24.1. The molecule has 176 valence electrons. The van der Waals surface area contributed by atoms with Gasteiger partial charge >= 0.3 is 12.3 Å². The lowest BCUT2D eigenvalue weighted by Gasteiger charge is -2.13. The van der Waals surface area contributed by atoms with E-state index in [2.05, 4.69) is 4.74 Å². The standard InChI is InChI=1S/C23H21F4NO5/c1-4-5-15(22(30)31)20-12(2)28(18-11-17(24)19(32-3)10-16(18)20)21(29)13-6-8-14(9-7-13)33-23(25,26)27/h6-11,15H,4-5H2,1-3H3,(H,30,31). The maximum atomic E-state index is 14.5. The third kappa shape index (κ3) is 4.79. The van der Waals surface area contributed by atoms with Gasteiger partial charge in [-0.15, -0.1) is 13.2 Å². The quantitative estimate of drug-likeness (QED) is 0.454. The molecule has 1 atom stereocenters. The Bertz CT molecular complexity index is 1200. The van der Waals surface area contributed by atoms with Crippen LogP contribution in [0.3, 0.4) is 0 Å². The maximum absolute atomic E-state index is 14.5. The van der Waals surface area contributed by atoms with Crippen molar-refractivity contribution in [1.82, 2.24) is 4.57 Å². The second kappa shape index (κ2) is 9.13. The molecule has 10 heteroatoms. The van der Waals surface area contributed by atoms with Gasteiger partial charge in [0.15, 0.2) is 11.6 Å². The first-order chi connectivity index (χ1) is 15.5. The van der Waals surface area contributed by atoms with E-state index in [-0.39, 0.29) is 23.3 Å². The predicted octanol–water partition coefficient (Wildman–Crippen LogP) is 5.65. The molecule has 1 unspecified atom stereocenters. The molecule has 0 aliphatic heterocycles. The molecule has 0 amide bonds. The SMILES string of the molecule is CCCC(C(=O)O)c1c(C)n(C(=O)c2ccc(OC(F)(F)F)cc2)c2cc(F)c(OC)cc12. The number of carbonyl (C=O) groups is 2. The van der Waals surface area contributed by atoms with E-state index >= 15 is 0 Å². The summed E-state index contributed by atoms with van der Waals surface area (Å²) in [5.41, 5.74) is 0.778. The molecule has 0 saturated heterocycles. The molecule has 0 radical (unpaired) electrons.